The summed E-state index contributed by atoms with van der Waals surface area (Å²) in [4.78, 5) is 0. The van der Waals surface area contributed by atoms with Crippen molar-refractivity contribution in [2.75, 3.05) is 11.5 Å². The van der Waals surface area contributed by atoms with Gasteiger partial charge in [0.2, 0.25) is 0 Å². The highest BCUT2D eigenvalue weighted by Crippen LogP contribution is 2.31. The van der Waals surface area contributed by atoms with Gasteiger partial charge in [0.25, 0.3) is 0 Å². The molecule has 0 aromatic heterocycles. The monoisotopic (exact) mass is 246 g/mol. The predicted molar refractivity (Wildman–Crippen MR) is 48.1 cm³/mol. The molecule has 1 N–H and O–H groups in total. The van der Waals surface area contributed by atoms with E-state index in [1.807, 2.05) is 0 Å². The minimum atomic E-state index is -4.24. The van der Waals surface area contributed by atoms with Crippen LogP contribution in [0.2, 0.25) is 0 Å². The Morgan fingerprint density at radius 1 is 1.33 bits per heavy atom. The van der Waals surface area contributed by atoms with Crippen molar-refractivity contribution in [2.45, 2.75) is 37.5 Å². The largest absolute Gasteiger partial charge is 0.389 e. The molecule has 1 atom stereocenters. The number of hydrogen-bond acceptors (Lipinski definition) is 3. The first-order valence-electron chi connectivity index (χ1n) is 4.62. The second-order valence-corrected chi connectivity index (χ2v) is 6.22. The molecule has 0 radical (unpaired) electrons. The zero-order valence-electron chi connectivity index (χ0n) is 8.05. The average Bonchev–Trinajstić information content (AvgIpc) is 2.23. The molecule has 0 aromatic rings. The smallest absolute Gasteiger partial charge is 0.389 e. The Morgan fingerprint density at radius 3 is 2.33 bits per heavy atom. The second-order valence-electron chi connectivity index (χ2n) is 4.04. The van der Waals surface area contributed by atoms with Gasteiger partial charge >= 0.3 is 6.18 Å². The molecular weight excluding hydrogens is 233 g/mol. The zero-order chi connectivity index (χ0) is 11.7. The van der Waals surface area contributed by atoms with Crippen LogP contribution in [-0.2, 0) is 9.84 Å². The second kappa shape index (κ2) is 3.93. The van der Waals surface area contributed by atoms with Crippen molar-refractivity contribution >= 4 is 9.84 Å². The van der Waals surface area contributed by atoms with Gasteiger partial charge in [0.05, 0.1) is 17.1 Å². The van der Waals surface area contributed by atoms with Crippen LogP contribution in [-0.4, -0.2) is 36.8 Å². The highest BCUT2D eigenvalue weighted by molar-refractivity contribution is 7.91. The molecule has 3 nitrogen and oxygen atoms in total. The molecule has 15 heavy (non-hydrogen) atoms. The van der Waals surface area contributed by atoms with E-state index in [0.717, 1.165) is 0 Å². The lowest BCUT2D eigenvalue weighted by Crippen LogP contribution is -2.30. The van der Waals surface area contributed by atoms with Crippen LogP contribution in [0.25, 0.3) is 0 Å². The molecule has 7 heteroatoms. The summed E-state index contributed by atoms with van der Waals surface area (Å²) in [5.74, 6) is -0.534. The Bertz CT molecular complexity index is 323. The molecule has 1 saturated heterocycles. The van der Waals surface area contributed by atoms with Gasteiger partial charge in [-0.15, -0.1) is 0 Å². The third-order valence-corrected chi connectivity index (χ3v) is 4.27. The van der Waals surface area contributed by atoms with Crippen LogP contribution in [0.15, 0.2) is 0 Å². The Labute approximate surface area is 86.2 Å². The van der Waals surface area contributed by atoms with Gasteiger partial charge in [0.15, 0.2) is 9.84 Å². The van der Waals surface area contributed by atoms with Gasteiger partial charge in [0.1, 0.15) is 0 Å². The van der Waals surface area contributed by atoms with E-state index in [-0.39, 0.29) is 25.0 Å². The van der Waals surface area contributed by atoms with Gasteiger partial charge in [-0.25, -0.2) is 8.42 Å². The van der Waals surface area contributed by atoms with E-state index in [4.69, 9.17) is 0 Å². The summed E-state index contributed by atoms with van der Waals surface area (Å²) in [5, 5.41) is 9.68. The molecule has 0 aliphatic carbocycles. The maximum atomic E-state index is 11.8. The molecule has 0 aromatic carbocycles. The van der Waals surface area contributed by atoms with Crippen molar-refractivity contribution < 1.29 is 26.7 Å². The SMILES string of the molecule is O=S1(=O)CCC(O)(CCCC(F)(F)F)C1. The summed E-state index contributed by atoms with van der Waals surface area (Å²) < 4.78 is 57.5. The number of aliphatic hydroxyl groups is 1. The zero-order valence-corrected chi connectivity index (χ0v) is 8.86. The molecule has 0 spiro atoms. The molecule has 1 rings (SSSR count). The van der Waals surface area contributed by atoms with Crippen molar-refractivity contribution in [2.24, 2.45) is 0 Å². The van der Waals surface area contributed by atoms with Crippen molar-refractivity contribution in [3.05, 3.63) is 0 Å². The van der Waals surface area contributed by atoms with Crippen LogP contribution in [0.4, 0.5) is 13.2 Å². The molecule has 90 valence electrons. The number of hydrogen-bond donors (Lipinski definition) is 1. The lowest BCUT2D eigenvalue weighted by Gasteiger charge is -2.20. The molecule has 0 bridgehead atoms. The van der Waals surface area contributed by atoms with Gasteiger partial charge in [0, 0.05) is 6.42 Å². The summed E-state index contributed by atoms with van der Waals surface area (Å²) in [6, 6.07) is 0. The number of rotatable bonds is 3. The first-order valence-corrected chi connectivity index (χ1v) is 6.44. The van der Waals surface area contributed by atoms with Crippen LogP contribution in [0.3, 0.4) is 0 Å². The minimum Gasteiger partial charge on any atom is -0.389 e. The predicted octanol–water partition coefficient (Wildman–Crippen LogP) is 1.27. The third kappa shape index (κ3) is 4.38. The van der Waals surface area contributed by atoms with Gasteiger partial charge in [-0.1, -0.05) is 0 Å². The molecule has 1 heterocycles. The third-order valence-electron chi connectivity index (χ3n) is 2.47. The molecule has 0 saturated carbocycles. The number of halogens is 3. The van der Waals surface area contributed by atoms with E-state index >= 15 is 0 Å². The fraction of sp³-hybridized carbons (Fsp3) is 1.00. The van der Waals surface area contributed by atoms with E-state index in [1.165, 1.54) is 0 Å². The normalized spacial score (nSPS) is 30.7. The fourth-order valence-electron chi connectivity index (χ4n) is 1.71. The van der Waals surface area contributed by atoms with Crippen LogP contribution in [0.5, 0.6) is 0 Å². The van der Waals surface area contributed by atoms with Crippen LogP contribution in [0, 0.1) is 0 Å². The Balaban J connectivity index is 2.40. The van der Waals surface area contributed by atoms with Gasteiger partial charge in [-0.2, -0.15) is 13.2 Å². The van der Waals surface area contributed by atoms with Crippen LogP contribution >= 0.6 is 0 Å². The summed E-state index contributed by atoms with van der Waals surface area (Å²) in [6.45, 7) is 0. The Morgan fingerprint density at radius 2 is 1.93 bits per heavy atom. The van der Waals surface area contributed by atoms with E-state index in [2.05, 4.69) is 0 Å². The van der Waals surface area contributed by atoms with Crippen molar-refractivity contribution in [1.82, 2.24) is 0 Å². The Hall–Kier alpha value is -0.300. The number of sulfone groups is 1. The molecule has 1 fully saturated rings. The highest BCUT2D eigenvalue weighted by atomic mass is 32.2. The quantitative estimate of drug-likeness (QED) is 0.815. The van der Waals surface area contributed by atoms with Crippen molar-refractivity contribution in [1.29, 1.82) is 0 Å². The van der Waals surface area contributed by atoms with E-state index < -0.39 is 33.8 Å². The summed E-state index contributed by atoms with van der Waals surface area (Å²) >= 11 is 0. The van der Waals surface area contributed by atoms with E-state index in [0.29, 0.717) is 0 Å². The minimum absolute atomic E-state index is 0.0488. The van der Waals surface area contributed by atoms with Crippen molar-refractivity contribution in [3.63, 3.8) is 0 Å². The van der Waals surface area contributed by atoms with Gasteiger partial charge in [-0.3, -0.25) is 0 Å². The molecular formula is C8H13F3O3S. The molecule has 1 unspecified atom stereocenters. The van der Waals surface area contributed by atoms with Crippen LogP contribution in [0.1, 0.15) is 25.7 Å². The maximum absolute atomic E-state index is 11.8. The Kier molecular flexibility index (Phi) is 3.35. The van der Waals surface area contributed by atoms with Crippen molar-refractivity contribution in [3.8, 4) is 0 Å². The standard InChI is InChI=1S/C8H13F3O3S/c9-8(10,11)3-1-2-7(12)4-5-15(13,14)6-7/h12H,1-6H2. The summed E-state index contributed by atoms with van der Waals surface area (Å²) in [6.07, 6.45) is -5.50. The number of alkyl halides is 3. The molecule has 1 aliphatic rings. The first kappa shape index (κ1) is 12.8. The van der Waals surface area contributed by atoms with E-state index in [1.54, 1.807) is 0 Å². The summed E-state index contributed by atoms with van der Waals surface area (Å²) in [7, 11) is -3.25. The van der Waals surface area contributed by atoms with E-state index in [9.17, 15) is 26.7 Å². The van der Waals surface area contributed by atoms with Crippen LogP contribution < -0.4 is 0 Å². The fourth-order valence-corrected chi connectivity index (χ4v) is 3.66. The maximum Gasteiger partial charge on any atom is 0.389 e. The van der Waals surface area contributed by atoms with Gasteiger partial charge in [-0.05, 0) is 19.3 Å². The topological polar surface area (TPSA) is 54.4 Å². The lowest BCUT2D eigenvalue weighted by molar-refractivity contribution is -0.137. The molecule has 0 amide bonds. The lowest BCUT2D eigenvalue weighted by atomic mass is 9.96. The first-order chi connectivity index (χ1) is 6.62. The average molecular weight is 246 g/mol. The summed E-state index contributed by atoms with van der Waals surface area (Å²) in [5.41, 5.74) is -1.44. The van der Waals surface area contributed by atoms with Gasteiger partial charge < -0.3 is 5.11 Å². The molecule has 1 aliphatic heterocycles. The highest BCUT2D eigenvalue weighted by Gasteiger charge is 2.40.